The summed E-state index contributed by atoms with van der Waals surface area (Å²) in [6, 6.07) is 10.7. The highest BCUT2D eigenvalue weighted by Gasteiger charge is 2.28. The number of ether oxygens (including phenoxy) is 4. The van der Waals surface area contributed by atoms with E-state index in [1.165, 1.54) is 14.2 Å². The van der Waals surface area contributed by atoms with Gasteiger partial charge in [-0.1, -0.05) is 0 Å². The Kier molecular flexibility index (Phi) is 10.7. The van der Waals surface area contributed by atoms with Gasteiger partial charge >= 0.3 is 0 Å². The quantitative estimate of drug-likeness (QED) is 0.224. The molecule has 0 saturated carbocycles. The zero-order valence-electron chi connectivity index (χ0n) is 21.7. The third kappa shape index (κ3) is 7.80. The first-order valence-electron chi connectivity index (χ1n) is 12.0. The van der Waals surface area contributed by atoms with Gasteiger partial charge in [-0.05, 0) is 71.2 Å². The van der Waals surface area contributed by atoms with Crippen molar-refractivity contribution in [2.75, 3.05) is 27.4 Å². The number of nitrogens with zero attached hydrogens (tertiary/aromatic N) is 1. The lowest BCUT2D eigenvalue weighted by molar-refractivity contribution is 0.0636. The molecule has 0 fully saturated rings. The fourth-order valence-electron chi connectivity index (χ4n) is 3.87. The summed E-state index contributed by atoms with van der Waals surface area (Å²) in [5.74, 6) is 2.12. The Balaban J connectivity index is 1.89. The number of unbranched alkanes of at least 4 members (excludes halogenated alkanes) is 2. The molecule has 0 aliphatic rings. The minimum absolute atomic E-state index is 0.0386. The Labute approximate surface area is 208 Å². The number of amidine groups is 1. The number of benzene rings is 2. The fraction of sp³-hybridized carbons (Fsp3) is 0.481. The van der Waals surface area contributed by atoms with Gasteiger partial charge in [0.15, 0.2) is 0 Å². The summed E-state index contributed by atoms with van der Waals surface area (Å²) in [6.45, 7) is 9.08. The number of nitrogens with one attached hydrogen (secondary N) is 1. The fourth-order valence-corrected chi connectivity index (χ4v) is 3.87. The van der Waals surface area contributed by atoms with Crippen LogP contribution in [-0.4, -0.2) is 56.2 Å². The molecule has 0 aromatic heterocycles. The van der Waals surface area contributed by atoms with Crippen LogP contribution in [0.4, 0.5) is 0 Å². The van der Waals surface area contributed by atoms with E-state index in [9.17, 15) is 4.79 Å². The van der Waals surface area contributed by atoms with Gasteiger partial charge in [0.2, 0.25) is 0 Å². The first-order chi connectivity index (χ1) is 16.7. The molecule has 0 radical (unpaired) electrons. The molecule has 8 heteroatoms. The van der Waals surface area contributed by atoms with E-state index >= 15 is 0 Å². The van der Waals surface area contributed by atoms with Gasteiger partial charge in [-0.2, -0.15) is 0 Å². The molecule has 2 rings (SSSR count). The number of rotatable bonds is 14. The van der Waals surface area contributed by atoms with Crippen LogP contribution in [0.5, 0.6) is 23.0 Å². The number of hydrogen-bond donors (Lipinski definition) is 2. The first kappa shape index (κ1) is 27.8. The maximum Gasteiger partial charge on any atom is 0.261 e. The summed E-state index contributed by atoms with van der Waals surface area (Å²) in [4.78, 5) is 15.1. The van der Waals surface area contributed by atoms with Crippen molar-refractivity contribution in [3.63, 3.8) is 0 Å². The van der Waals surface area contributed by atoms with Gasteiger partial charge < -0.3 is 29.6 Å². The average molecular weight is 486 g/mol. The predicted octanol–water partition coefficient (Wildman–Crippen LogP) is 4.87. The number of nitrogens with two attached hydrogens (primary N) is 1. The Bertz CT molecular complexity index is 940. The van der Waals surface area contributed by atoms with Crippen molar-refractivity contribution in [1.29, 1.82) is 5.41 Å². The highest BCUT2D eigenvalue weighted by Crippen LogP contribution is 2.36. The minimum Gasteiger partial charge on any atom is -0.496 e. The molecule has 0 spiro atoms. The molecule has 0 aliphatic carbocycles. The molecule has 0 atom stereocenters. The molecule has 192 valence electrons. The van der Waals surface area contributed by atoms with Crippen LogP contribution >= 0.6 is 0 Å². The lowest BCUT2D eigenvalue weighted by Gasteiger charge is -2.31. The third-order valence-corrected chi connectivity index (χ3v) is 5.53. The second kappa shape index (κ2) is 13.5. The standard InChI is InChI=1S/C27H39N3O5/c1-18(2)30(19(3)4)27(31)25-23(32-5)16-22(17-24(25)33-6)35-15-9-7-8-14-34-21-12-10-20(11-13-21)26(28)29/h10-13,16-19H,7-9,14-15H2,1-6H3,(H3,28,29). The maximum absolute atomic E-state index is 13.3. The van der Waals surface area contributed by atoms with Crippen molar-refractivity contribution in [1.82, 2.24) is 4.90 Å². The molecule has 3 N–H and O–H groups in total. The number of nitrogen functional groups attached to an aromatic ring is 1. The first-order valence-corrected chi connectivity index (χ1v) is 12.0. The topological polar surface area (TPSA) is 107 Å². The Morgan fingerprint density at radius 2 is 1.34 bits per heavy atom. The summed E-state index contributed by atoms with van der Waals surface area (Å²) in [6.07, 6.45) is 2.68. The summed E-state index contributed by atoms with van der Waals surface area (Å²) < 4.78 is 22.7. The number of carbonyl (C=O) groups is 1. The second-order valence-electron chi connectivity index (χ2n) is 8.80. The van der Waals surface area contributed by atoms with Gasteiger partial charge in [0.1, 0.15) is 34.4 Å². The number of carbonyl (C=O) groups excluding carboxylic acids is 1. The summed E-state index contributed by atoms with van der Waals surface area (Å²) in [5.41, 5.74) is 6.54. The van der Waals surface area contributed by atoms with E-state index in [4.69, 9.17) is 30.1 Å². The van der Waals surface area contributed by atoms with Gasteiger partial charge in [-0.3, -0.25) is 10.2 Å². The second-order valence-corrected chi connectivity index (χ2v) is 8.80. The summed E-state index contributed by atoms with van der Waals surface area (Å²) in [7, 11) is 3.08. The molecule has 0 aliphatic heterocycles. The molecular formula is C27H39N3O5. The van der Waals surface area contributed by atoms with Crippen molar-refractivity contribution in [2.24, 2.45) is 5.73 Å². The monoisotopic (exact) mass is 485 g/mol. The summed E-state index contributed by atoms with van der Waals surface area (Å²) in [5, 5.41) is 7.42. The number of hydrogen-bond acceptors (Lipinski definition) is 6. The van der Waals surface area contributed by atoms with E-state index in [1.807, 2.05) is 39.8 Å². The van der Waals surface area contributed by atoms with Crippen molar-refractivity contribution in [3.8, 4) is 23.0 Å². The van der Waals surface area contributed by atoms with Crippen LogP contribution in [0.2, 0.25) is 0 Å². The van der Waals surface area contributed by atoms with Crippen LogP contribution in [0.1, 0.15) is 62.9 Å². The highest BCUT2D eigenvalue weighted by atomic mass is 16.5. The molecule has 2 aromatic rings. The van der Waals surface area contributed by atoms with Crippen molar-refractivity contribution < 1.29 is 23.7 Å². The van der Waals surface area contributed by atoms with Crippen LogP contribution < -0.4 is 24.7 Å². The molecule has 8 nitrogen and oxygen atoms in total. The van der Waals surface area contributed by atoms with Gasteiger partial charge in [0.25, 0.3) is 5.91 Å². The van der Waals surface area contributed by atoms with Crippen LogP contribution in [0.3, 0.4) is 0 Å². The average Bonchev–Trinajstić information content (AvgIpc) is 2.82. The van der Waals surface area contributed by atoms with Gasteiger partial charge in [0, 0.05) is 29.8 Å². The largest absolute Gasteiger partial charge is 0.496 e. The smallest absolute Gasteiger partial charge is 0.261 e. The highest BCUT2D eigenvalue weighted by molar-refractivity contribution is 6.00. The predicted molar refractivity (Wildman–Crippen MR) is 138 cm³/mol. The molecule has 0 unspecified atom stereocenters. The van der Waals surface area contributed by atoms with Crippen LogP contribution in [0.25, 0.3) is 0 Å². The molecule has 35 heavy (non-hydrogen) atoms. The number of methoxy groups -OCH3 is 2. The van der Waals surface area contributed by atoms with Crippen molar-refractivity contribution in [2.45, 2.75) is 59.0 Å². The van der Waals surface area contributed by atoms with E-state index in [1.54, 1.807) is 29.2 Å². The molecular weight excluding hydrogens is 446 g/mol. The number of amides is 1. The van der Waals surface area contributed by atoms with E-state index in [-0.39, 0.29) is 23.8 Å². The Hall–Kier alpha value is -3.42. The molecule has 0 saturated heterocycles. The molecule has 0 bridgehead atoms. The molecule has 1 amide bonds. The van der Waals surface area contributed by atoms with Crippen LogP contribution in [-0.2, 0) is 0 Å². The molecule has 0 heterocycles. The Morgan fingerprint density at radius 3 is 1.77 bits per heavy atom. The lowest BCUT2D eigenvalue weighted by Crippen LogP contribution is -2.42. The van der Waals surface area contributed by atoms with E-state index in [0.717, 1.165) is 25.0 Å². The zero-order chi connectivity index (χ0) is 26.0. The van der Waals surface area contributed by atoms with Gasteiger partial charge in [-0.25, -0.2) is 0 Å². The van der Waals surface area contributed by atoms with Crippen LogP contribution in [0, 0.1) is 5.41 Å². The zero-order valence-corrected chi connectivity index (χ0v) is 21.7. The molecule has 2 aromatic carbocycles. The van der Waals surface area contributed by atoms with Crippen LogP contribution in [0.15, 0.2) is 36.4 Å². The van der Waals surface area contributed by atoms with Gasteiger partial charge in [0.05, 0.1) is 27.4 Å². The van der Waals surface area contributed by atoms with E-state index in [0.29, 0.717) is 41.6 Å². The van der Waals surface area contributed by atoms with Crippen molar-refractivity contribution >= 4 is 11.7 Å². The van der Waals surface area contributed by atoms with Crippen molar-refractivity contribution in [3.05, 3.63) is 47.5 Å². The van der Waals surface area contributed by atoms with E-state index in [2.05, 4.69) is 0 Å². The maximum atomic E-state index is 13.3. The SMILES string of the molecule is COc1cc(OCCCCCOc2ccc(C(=N)N)cc2)cc(OC)c1C(=O)N(C(C)C)C(C)C. The normalized spacial score (nSPS) is 10.9. The summed E-state index contributed by atoms with van der Waals surface area (Å²) >= 11 is 0. The Morgan fingerprint density at radius 1 is 0.857 bits per heavy atom. The minimum atomic E-state index is -0.133. The third-order valence-electron chi connectivity index (χ3n) is 5.53. The lowest BCUT2D eigenvalue weighted by atomic mass is 10.1. The van der Waals surface area contributed by atoms with Gasteiger partial charge in [-0.15, -0.1) is 0 Å². The van der Waals surface area contributed by atoms with E-state index < -0.39 is 0 Å².